The summed E-state index contributed by atoms with van der Waals surface area (Å²) in [4.78, 5) is 0. The number of hydrogen-bond acceptors (Lipinski definition) is 4. The van der Waals surface area contributed by atoms with Crippen molar-refractivity contribution >= 4 is 5.82 Å². The lowest BCUT2D eigenvalue weighted by Gasteiger charge is -2.14. The highest BCUT2D eigenvalue weighted by molar-refractivity contribution is 5.71. The maximum Gasteiger partial charge on any atom is 0.145 e. The third kappa shape index (κ3) is 2.81. The molecular weight excluding hydrogens is 242 g/mol. The van der Waals surface area contributed by atoms with Crippen LogP contribution in [0.1, 0.15) is 19.4 Å². The quantitative estimate of drug-likeness (QED) is 0.868. The van der Waals surface area contributed by atoms with Gasteiger partial charge in [0.15, 0.2) is 0 Å². The van der Waals surface area contributed by atoms with Crippen molar-refractivity contribution in [3.8, 4) is 22.8 Å². The first kappa shape index (κ1) is 13.3. The van der Waals surface area contributed by atoms with Crippen LogP contribution in [0.25, 0.3) is 11.3 Å². The van der Waals surface area contributed by atoms with Crippen molar-refractivity contribution in [3.05, 3.63) is 23.8 Å². The number of nitrogens with one attached hydrogen (secondary N) is 1. The van der Waals surface area contributed by atoms with E-state index in [1.165, 1.54) is 0 Å². The molecule has 0 spiro atoms. The summed E-state index contributed by atoms with van der Waals surface area (Å²) >= 11 is 0. The Labute approximate surface area is 112 Å². The molecule has 0 atom stereocenters. The fraction of sp³-hybridized carbons (Fsp3) is 0.357. The number of ether oxygens (including phenoxy) is 2. The van der Waals surface area contributed by atoms with Gasteiger partial charge in [-0.3, -0.25) is 5.10 Å². The van der Waals surface area contributed by atoms with Gasteiger partial charge < -0.3 is 15.2 Å². The number of H-pyrrole nitrogens is 1. The van der Waals surface area contributed by atoms with Crippen molar-refractivity contribution in [1.82, 2.24) is 10.2 Å². The molecule has 0 amide bonds. The van der Waals surface area contributed by atoms with E-state index < -0.39 is 0 Å². The Hall–Kier alpha value is -2.17. The zero-order valence-corrected chi connectivity index (χ0v) is 11.5. The number of hydrogen-bond donors (Lipinski definition) is 2. The van der Waals surface area contributed by atoms with Crippen LogP contribution in [0, 0.1) is 6.92 Å². The summed E-state index contributed by atoms with van der Waals surface area (Å²) in [6.45, 7) is 7.14. The summed E-state index contributed by atoms with van der Waals surface area (Å²) in [6.07, 6.45) is 0. The van der Waals surface area contributed by atoms with Crippen molar-refractivity contribution in [1.29, 1.82) is 0 Å². The second-order valence-electron chi connectivity index (χ2n) is 4.19. The van der Waals surface area contributed by atoms with Crippen LogP contribution in [0.15, 0.2) is 18.2 Å². The van der Waals surface area contributed by atoms with Gasteiger partial charge in [0.25, 0.3) is 0 Å². The smallest absolute Gasteiger partial charge is 0.145 e. The summed E-state index contributed by atoms with van der Waals surface area (Å²) < 4.78 is 11.3. The Morgan fingerprint density at radius 3 is 2.37 bits per heavy atom. The molecule has 5 nitrogen and oxygen atoms in total. The van der Waals surface area contributed by atoms with Gasteiger partial charge in [-0.15, -0.1) is 0 Å². The molecule has 0 saturated heterocycles. The average molecular weight is 261 g/mol. The van der Waals surface area contributed by atoms with E-state index in [4.69, 9.17) is 15.2 Å². The standard InChI is InChI=1S/C14H19N3O2/c1-4-18-12-7-10(11-8-14(15)17-16-11)13(19-5-2)6-9(12)3/h6-8H,4-5H2,1-3H3,(H3,15,16,17). The lowest BCUT2D eigenvalue weighted by molar-refractivity contribution is 0.329. The molecule has 0 radical (unpaired) electrons. The Bertz CT molecular complexity index is 564. The molecule has 2 aromatic rings. The van der Waals surface area contributed by atoms with Crippen molar-refractivity contribution in [2.24, 2.45) is 0 Å². The first-order valence-corrected chi connectivity index (χ1v) is 6.37. The third-order valence-corrected chi connectivity index (χ3v) is 2.76. The number of anilines is 1. The van der Waals surface area contributed by atoms with E-state index in [0.717, 1.165) is 28.3 Å². The maximum absolute atomic E-state index is 5.67. The molecule has 0 unspecified atom stereocenters. The van der Waals surface area contributed by atoms with E-state index in [1.54, 1.807) is 6.07 Å². The van der Waals surface area contributed by atoms with Crippen LogP contribution in [0.3, 0.4) is 0 Å². The van der Waals surface area contributed by atoms with Gasteiger partial charge in [0.1, 0.15) is 17.3 Å². The first-order chi connectivity index (χ1) is 9.15. The predicted molar refractivity (Wildman–Crippen MR) is 75.5 cm³/mol. The van der Waals surface area contributed by atoms with E-state index in [-0.39, 0.29) is 0 Å². The highest BCUT2D eigenvalue weighted by Gasteiger charge is 2.13. The molecule has 2 rings (SSSR count). The van der Waals surface area contributed by atoms with E-state index >= 15 is 0 Å². The van der Waals surface area contributed by atoms with Gasteiger partial charge in [0.2, 0.25) is 0 Å². The summed E-state index contributed by atoms with van der Waals surface area (Å²) in [5, 5.41) is 6.85. The van der Waals surface area contributed by atoms with Crippen LogP contribution in [0.2, 0.25) is 0 Å². The van der Waals surface area contributed by atoms with Gasteiger partial charge in [0, 0.05) is 11.6 Å². The molecule has 0 bridgehead atoms. The van der Waals surface area contributed by atoms with E-state index in [0.29, 0.717) is 19.0 Å². The van der Waals surface area contributed by atoms with Crippen LogP contribution in [0.5, 0.6) is 11.5 Å². The molecule has 5 heteroatoms. The molecule has 102 valence electrons. The lowest BCUT2D eigenvalue weighted by atomic mass is 10.1. The first-order valence-electron chi connectivity index (χ1n) is 6.37. The Kier molecular flexibility index (Phi) is 3.94. The maximum atomic E-state index is 5.67. The molecule has 1 heterocycles. The minimum absolute atomic E-state index is 0.455. The van der Waals surface area contributed by atoms with E-state index in [9.17, 15) is 0 Å². The minimum atomic E-state index is 0.455. The monoisotopic (exact) mass is 261 g/mol. The number of aromatic nitrogens is 2. The molecule has 1 aromatic heterocycles. The van der Waals surface area contributed by atoms with Crippen molar-refractivity contribution in [2.45, 2.75) is 20.8 Å². The van der Waals surface area contributed by atoms with Crippen LogP contribution in [-0.2, 0) is 0 Å². The fourth-order valence-electron chi connectivity index (χ4n) is 1.93. The van der Waals surface area contributed by atoms with Crippen LogP contribution in [0.4, 0.5) is 5.82 Å². The molecule has 0 fully saturated rings. The zero-order chi connectivity index (χ0) is 13.8. The van der Waals surface area contributed by atoms with Gasteiger partial charge >= 0.3 is 0 Å². The Morgan fingerprint density at radius 1 is 1.11 bits per heavy atom. The van der Waals surface area contributed by atoms with Crippen molar-refractivity contribution in [3.63, 3.8) is 0 Å². The van der Waals surface area contributed by atoms with Gasteiger partial charge in [-0.1, -0.05) is 0 Å². The number of benzene rings is 1. The molecule has 1 aromatic carbocycles. The SMILES string of the molecule is CCOc1cc(-c2cc(N)n[nH]2)c(OCC)cc1C. The number of nitrogen functional groups attached to an aromatic ring is 1. The van der Waals surface area contributed by atoms with Gasteiger partial charge in [-0.2, -0.15) is 5.10 Å². The van der Waals surface area contributed by atoms with Gasteiger partial charge in [-0.25, -0.2) is 0 Å². The lowest BCUT2D eigenvalue weighted by Crippen LogP contribution is -1.99. The Morgan fingerprint density at radius 2 is 1.79 bits per heavy atom. The number of rotatable bonds is 5. The third-order valence-electron chi connectivity index (χ3n) is 2.76. The van der Waals surface area contributed by atoms with Crippen molar-refractivity contribution in [2.75, 3.05) is 18.9 Å². The van der Waals surface area contributed by atoms with Crippen molar-refractivity contribution < 1.29 is 9.47 Å². The molecular formula is C14H19N3O2. The summed E-state index contributed by atoms with van der Waals surface area (Å²) in [7, 11) is 0. The van der Waals surface area contributed by atoms with Crippen LogP contribution in [-0.4, -0.2) is 23.4 Å². The molecule has 0 aliphatic heterocycles. The normalized spacial score (nSPS) is 10.5. The van der Waals surface area contributed by atoms with Crippen LogP contribution < -0.4 is 15.2 Å². The summed E-state index contributed by atoms with van der Waals surface area (Å²) in [5.41, 5.74) is 8.42. The average Bonchev–Trinajstić information content (AvgIpc) is 2.79. The number of aryl methyl sites for hydroxylation is 1. The molecule has 0 saturated carbocycles. The van der Waals surface area contributed by atoms with Crippen LogP contribution >= 0.6 is 0 Å². The highest BCUT2D eigenvalue weighted by Crippen LogP contribution is 2.35. The predicted octanol–water partition coefficient (Wildman–Crippen LogP) is 2.76. The molecule has 0 aliphatic rings. The fourth-order valence-corrected chi connectivity index (χ4v) is 1.93. The minimum Gasteiger partial charge on any atom is -0.494 e. The van der Waals surface area contributed by atoms with E-state index in [2.05, 4.69) is 10.2 Å². The zero-order valence-electron chi connectivity index (χ0n) is 11.5. The summed E-state index contributed by atoms with van der Waals surface area (Å²) in [5.74, 6) is 2.09. The van der Waals surface area contributed by atoms with Gasteiger partial charge in [-0.05, 0) is 38.5 Å². The number of nitrogens with two attached hydrogens (primary N) is 1. The molecule has 0 aliphatic carbocycles. The second kappa shape index (κ2) is 5.65. The Balaban J connectivity index is 2.51. The van der Waals surface area contributed by atoms with E-state index in [1.807, 2.05) is 32.9 Å². The number of aromatic amines is 1. The highest BCUT2D eigenvalue weighted by atomic mass is 16.5. The molecule has 3 N–H and O–H groups in total. The number of nitrogens with zero attached hydrogens (tertiary/aromatic N) is 1. The largest absolute Gasteiger partial charge is 0.494 e. The summed E-state index contributed by atoms with van der Waals surface area (Å²) in [6, 6.07) is 5.71. The van der Waals surface area contributed by atoms with Gasteiger partial charge in [0.05, 0.1) is 18.9 Å². The topological polar surface area (TPSA) is 73.2 Å². The second-order valence-corrected chi connectivity index (χ2v) is 4.19. The molecule has 19 heavy (non-hydrogen) atoms.